The van der Waals surface area contributed by atoms with Gasteiger partial charge in [-0.1, -0.05) is 6.92 Å². The van der Waals surface area contributed by atoms with Gasteiger partial charge in [0.15, 0.2) is 0 Å². The second-order valence-corrected chi connectivity index (χ2v) is 5.74. The number of phenols is 1. The molecule has 0 bridgehead atoms. The number of fused-ring (bicyclic) bond motifs is 1. The zero-order valence-corrected chi connectivity index (χ0v) is 13.5. The van der Waals surface area contributed by atoms with E-state index in [4.69, 9.17) is 4.74 Å². The summed E-state index contributed by atoms with van der Waals surface area (Å²) in [4.78, 5) is 14.4. The first-order chi connectivity index (χ1) is 11.1. The second-order valence-electron chi connectivity index (χ2n) is 5.74. The van der Waals surface area contributed by atoms with Crippen LogP contribution < -0.4 is 4.74 Å². The maximum Gasteiger partial charge on any atom is 0.228 e. The van der Waals surface area contributed by atoms with Gasteiger partial charge in [-0.2, -0.15) is 5.10 Å². The summed E-state index contributed by atoms with van der Waals surface area (Å²) in [5.41, 5.74) is 2.83. The third-order valence-corrected chi connectivity index (χ3v) is 4.11. The van der Waals surface area contributed by atoms with E-state index >= 15 is 0 Å². The number of carbonyl (C=O) groups is 1. The fourth-order valence-electron chi connectivity index (χ4n) is 2.75. The number of carbonyl (C=O) groups excluding carboxylic acids is 1. The van der Waals surface area contributed by atoms with Gasteiger partial charge in [0.2, 0.25) is 5.91 Å². The number of aromatic hydroxyl groups is 1. The van der Waals surface area contributed by atoms with Crippen molar-refractivity contribution in [2.45, 2.75) is 26.3 Å². The van der Waals surface area contributed by atoms with E-state index in [-0.39, 0.29) is 11.7 Å². The summed E-state index contributed by atoms with van der Waals surface area (Å²) < 4.78 is 7.41. The third kappa shape index (κ3) is 3.31. The number of nitrogens with zero attached hydrogens (tertiary/aromatic N) is 3. The number of ether oxygens (including phenoxy) is 1. The van der Waals surface area contributed by atoms with Crippen molar-refractivity contribution >= 4 is 5.91 Å². The van der Waals surface area contributed by atoms with Crippen molar-refractivity contribution in [1.29, 1.82) is 0 Å². The van der Waals surface area contributed by atoms with E-state index < -0.39 is 0 Å². The normalized spacial score (nSPS) is 14.1. The van der Waals surface area contributed by atoms with Gasteiger partial charge >= 0.3 is 0 Å². The Kier molecular flexibility index (Phi) is 4.23. The molecular formula is C17H21N3O3. The first-order valence-electron chi connectivity index (χ1n) is 7.81. The SMILES string of the molecule is CCc1cc(CC(=O)N2CCOc3cc(O)ccc3C2)n(C)n1. The first kappa shape index (κ1) is 15.4. The number of amides is 1. The highest BCUT2D eigenvalue weighted by Gasteiger charge is 2.21. The number of hydrogen-bond donors (Lipinski definition) is 1. The van der Waals surface area contributed by atoms with Crippen LogP contribution in [-0.2, 0) is 31.2 Å². The molecule has 122 valence electrons. The van der Waals surface area contributed by atoms with Crippen molar-refractivity contribution in [3.63, 3.8) is 0 Å². The summed E-state index contributed by atoms with van der Waals surface area (Å²) in [6.45, 7) is 3.50. The molecule has 3 rings (SSSR count). The molecule has 0 atom stereocenters. The van der Waals surface area contributed by atoms with Crippen molar-refractivity contribution in [1.82, 2.24) is 14.7 Å². The second kappa shape index (κ2) is 6.32. The molecule has 0 saturated carbocycles. The highest BCUT2D eigenvalue weighted by molar-refractivity contribution is 5.78. The van der Waals surface area contributed by atoms with E-state index in [0.717, 1.165) is 23.4 Å². The Morgan fingerprint density at radius 3 is 2.96 bits per heavy atom. The average Bonchev–Trinajstić information content (AvgIpc) is 2.75. The Hall–Kier alpha value is -2.50. The molecule has 1 N–H and O–H groups in total. The predicted molar refractivity (Wildman–Crippen MR) is 85.3 cm³/mol. The molecule has 6 nitrogen and oxygen atoms in total. The molecule has 2 aromatic rings. The standard InChI is InChI=1S/C17H21N3O3/c1-3-13-8-14(19(2)18-13)9-17(22)20-6-7-23-16-10-15(21)5-4-12(16)11-20/h4-5,8,10,21H,3,6-7,9,11H2,1-2H3. The molecule has 1 aromatic heterocycles. The third-order valence-electron chi connectivity index (χ3n) is 4.11. The fraction of sp³-hybridized carbons (Fsp3) is 0.412. The zero-order chi connectivity index (χ0) is 16.4. The highest BCUT2D eigenvalue weighted by atomic mass is 16.5. The quantitative estimate of drug-likeness (QED) is 0.935. The summed E-state index contributed by atoms with van der Waals surface area (Å²) in [5.74, 6) is 0.875. The molecule has 23 heavy (non-hydrogen) atoms. The van der Waals surface area contributed by atoms with Gasteiger partial charge in [0.25, 0.3) is 0 Å². The summed E-state index contributed by atoms with van der Waals surface area (Å²) in [6, 6.07) is 7.00. The van der Waals surface area contributed by atoms with Gasteiger partial charge in [-0.3, -0.25) is 9.48 Å². The molecule has 0 spiro atoms. The largest absolute Gasteiger partial charge is 0.508 e. The lowest BCUT2D eigenvalue weighted by molar-refractivity contribution is -0.131. The van der Waals surface area contributed by atoms with Crippen molar-refractivity contribution in [2.24, 2.45) is 7.05 Å². The minimum Gasteiger partial charge on any atom is -0.508 e. The monoisotopic (exact) mass is 315 g/mol. The van der Waals surface area contributed by atoms with Crippen molar-refractivity contribution in [3.05, 3.63) is 41.2 Å². The van der Waals surface area contributed by atoms with Crippen LogP contribution in [0.4, 0.5) is 0 Å². The number of rotatable bonds is 3. The number of aryl methyl sites for hydroxylation is 2. The number of hydrogen-bond acceptors (Lipinski definition) is 4. The lowest BCUT2D eigenvalue weighted by atomic mass is 10.1. The van der Waals surface area contributed by atoms with Crippen LogP contribution in [0.3, 0.4) is 0 Å². The van der Waals surface area contributed by atoms with E-state index in [1.807, 2.05) is 20.0 Å². The smallest absolute Gasteiger partial charge is 0.228 e. The molecule has 6 heteroatoms. The summed E-state index contributed by atoms with van der Waals surface area (Å²) in [5, 5.41) is 13.9. The zero-order valence-electron chi connectivity index (χ0n) is 13.5. The molecule has 0 unspecified atom stereocenters. The molecule has 0 aliphatic carbocycles. The van der Waals surface area contributed by atoms with Gasteiger partial charge in [-0.05, 0) is 24.6 Å². The lowest BCUT2D eigenvalue weighted by Crippen LogP contribution is -2.34. The maximum absolute atomic E-state index is 12.6. The maximum atomic E-state index is 12.6. The summed E-state index contributed by atoms with van der Waals surface area (Å²) in [7, 11) is 1.87. The Morgan fingerprint density at radius 1 is 1.39 bits per heavy atom. The molecule has 1 aliphatic heterocycles. The van der Waals surface area contributed by atoms with Crippen LogP contribution in [0.25, 0.3) is 0 Å². The Balaban J connectivity index is 1.74. The van der Waals surface area contributed by atoms with Crippen LogP contribution in [-0.4, -0.2) is 38.8 Å². The van der Waals surface area contributed by atoms with E-state index in [0.29, 0.717) is 31.9 Å². The van der Waals surface area contributed by atoms with Crippen molar-refractivity contribution in [3.8, 4) is 11.5 Å². The van der Waals surface area contributed by atoms with Crippen molar-refractivity contribution < 1.29 is 14.6 Å². The minimum absolute atomic E-state index is 0.0557. The predicted octanol–water partition coefficient (Wildman–Crippen LogP) is 1.65. The molecule has 0 radical (unpaired) electrons. The average molecular weight is 315 g/mol. The fourth-order valence-corrected chi connectivity index (χ4v) is 2.75. The van der Waals surface area contributed by atoms with E-state index in [9.17, 15) is 9.90 Å². The van der Waals surface area contributed by atoms with Crippen LogP contribution >= 0.6 is 0 Å². The van der Waals surface area contributed by atoms with Gasteiger partial charge in [0.1, 0.15) is 18.1 Å². The molecule has 1 aliphatic rings. The Labute approximate surface area is 135 Å². The lowest BCUT2D eigenvalue weighted by Gasteiger charge is -2.19. The van der Waals surface area contributed by atoms with E-state index in [1.165, 1.54) is 0 Å². The van der Waals surface area contributed by atoms with Crippen LogP contribution in [0.5, 0.6) is 11.5 Å². The molecular weight excluding hydrogens is 294 g/mol. The highest BCUT2D eigenvalue weighted by Crippen LogP contribution is 2.27. The van der Waals surface area contributed by atoms with Gasteiger partial charge in [0, 0.05) is 30.9 Å². The van der Waals surface area contributed by atoms with Crippen LogP contribution in [0.1, 0.15) is 23.9 Å². The van der Waals surface area contributed by atoms with Crippen LogP contribution in [0, 0.1) is 0 Å². The van der Waals surface area contributed by atoms with Gasteiger partial charge in [-0.25, -0.2) is 0 Å². The molecule has 1 aromatic carbocycles. The Bertz CT molecular complexity index is 724. The molecule has 0 fully saturated rings. The number of phenolic OH excluding ortho intramolecular Hbond substituents is 1. The topological polar surface area (TPSA) is 67.6 Å². The summed E-state index contributed by atoms with van der Waals surface area (Å²) in [6.07, 6.45) is 1.19. The summed E-state index contributed by atoms with van der Waals surface area (Å²) >= 11 is 0. The van der Waals surface area contributed by atoms with Gasteiger partial charge in [0.05, 0.1) is 18.7 Å². The molecule has 2 heterocycles. The van der Waals surface area contributed by atoms with Crippen LogP contribution in [0.2, 0.25) is 0 Å². The van der Waals surface area contributed by atoms with Crippen LogP contribution in [0.15, 0.2) is 24.3 Å². The molecule has 1 amide bonds. The minimum atomic E-state index is 0.0557. The van der Waals surface area contributed by atoms with E-state index in [1.54, 1.807) is 27.8 Å². The molecule has 0 saturated heterocycles. The van der Waals surface area contributed by atoms with E-state index in [2.05, 4.69) is 5.10 Å². The number of aromatic nitrogens is 2. The van der Waals surface area contributed by atoms with Gasteiger partial charge in [-0.15, -0.1) is 0 Å². The van der Waals surface area contributed by atoms with Crippen molar-refractivity contribution in [2.75, 3.05) is 13.2 Å². The van der Waals surface area contributed by atoms with Gasteiger partial charge < -0.3 is 14.7 Å². The first-order valence-corrected chi connectivity index (χ1v) is 7.81. The number of benzene rings is 1. The Morgan fingerprint density at radius 2 is 2.22 bits per heavy atom.